The molecular formula is C13H22N2O2. The molecule has 2 heterocycles. The molecule has 17 heavy (non-hydrogen) atoms. The number of ether oxygens (including phenoxy) is 1. The molecule has 96 valence electrons. The van der Waals surface area contributed by atoms with Crippen molar-refractivity contribution in [2.75, 3.05) is 6.54 Å². The Balaban J connectivity index is 2.13. The fourth-order valence-corrected chi connectivity index (χ4v) is 2.58. The lowest BCUT2D eigenvalue weighted by Gasteiger charge is -2.47. The van der Waals surface area contributed by atoms with Gasteiger partial charge in [0.1, 0.15) is 5.60 Å². The van der Waals surface area contributed by atoms with Crippen molar-refractivity contribution in [1.82, 2.24) is 10.2 Å². The van der Waals surface area contributed by atoms with Gasteiger partial charge in [0.15, 0.2) is 0 Å². The van der Waals surface area contributed by atoms with Crippen LogP contribution in [0.4, 0.5) is 4.79 Å². The molecule has 4 nitrogen and oxygen atoms in total. The summed E-state index contributed by atoms with van der Waals surface area (Å²) in [5, 5.41) is 3.29. The second-order valence-corrected chi connectivity index (χ2v) is 5.89. The van der Waals surface area contributed by atoms with Gasteiger partial charge in [-0.2, -0.15) is 0 Å². The Morgan fingerprint density at radius 1 is 1.47 bits per heavy atom. The second kappa shape index (κ2) is 4.24. The van der Waals surface area contributed by atoms with Crippen molar-refractivity contribution in [2.45, 2.75) is 57.7 Å². The minimum atomic E-state index is -0.433. The van der Waals surface area contributed by atoms with Crippen molar-refractivity contribution < 1.29 is 9.53 Å². The summed E-state index contributed by atoms with van der Waals surface area (Å²) in [6.45, 7) is 10.5. The SMILES string of the molecule is C=C1NC[C@@H]2CCC[C@H]1N2C(=O)OC(C)(C)C. The minimum Gasteiger partial charge on any atom is -0.444 e. The summed E-state index contributed by atoms with van der Waals surface area (Å²) in [7, 11) is 0. The maximum atomic E-state index is 12.2. The van der Waals surface area contributed by atoms with Crippen LogP contribution in [0.25, 0.3) is 0 Å². The Labute approximate surface area is 103 Å². The molecule has 0 unspecified atom stereocenters. The number of carbonyl (C=O) groups excluding carboxylic acids is 1. The van der Waals surface area contributed by atoms with Crippen molar-refractivity contribution >= 4 is 6.09 Å². The maximum Gasteiger partial charge on any atom is 0.411 e. The summed E-state index contributed by atoms with van der Waals surface area (Å²) < 4.78 is 5.48. The van der Waals surface area contributed by atoms with E-state index in [-0.39, 0.29) is 18.2 Å². The van der Waals surface area contributed by atoms with E-state index in [2.05, 4.69) is 11.9 Å². The standard InChI is InChI=1S/C13H22N2O2/c1-9-11-7-5-6-10(8-14-9)15(11)12(16)17-13(2,3)4/h10-11,14H,1,5-8H2,2-4H3/t10-,11+/m0/s1. The van der Waals surface area contributed by atoms with Crippen molar-refractivity contribution in [3.05, 3.63) is 12.3 Å². The maximum absolute atomic E-state index is 12.2. The first-order chi connectivity index (χ1) is 7.88. The van der Waals surface area contributed by atoms with Crippen LogP contribution >= 0.6 is 0 Å². The van der Waals surface area contributed by atoms with Gasteiger partial charge in [-0.3, -0.25) is 4.90 Å². The predicted octanol–water partition coefficient (Wildman–Crippen LogP) is 2.26. The fourth-order valence-electron chi connectivity index (χ4n) is 2.58. The lowest BCUT2D eigenvalue weighted by atomic mass is 9.91. The van der Waals surface area contributed by atoms with Crippen molar-refractivity contribution in [3.8, 4) is 0 Å². The molecule has 0 aromatic rings. The zero-order chi connectivity index (χ0) is 12.6. The van der Waals surface area contributed by atoms with Crippen LogP contribution < -0.4 is 5.32 Å². The Hall–Kier alpha value is -1.19. The summed E-state index contributed by atoms with van der Waals surface area (Å²) in [5.74, 6) is 0. The molecule has 1 N–H and O–H groups in total. The van der Waals surface area contributed by atoms with E-state index in [1.165, 1.54) is 0 Å². The van der Waals surface area contributed by atoms with E-state index in [9.17, 15) is 4.79 Å². The molecule has 2 aliphatic rings. The van der Waals surface area contributed by atoms with E-state index >= 15 is 0 Å². The van der Waals surface area contributed by atoms with Gasteiger partial charge in [-0.25, -0.2) is 4.79 Å². The predicted molar refractivity (Wildman–Crippen MR) is 66.6 cm³/mol. The number of fused-ring (bicyclic) bond motifs is 2. The lowest BCUT2D eigenvalue weighted by Crippen LogP contribution is -2.60. The van der Waals surface area contributed by atoms with Gasteiger partial charge in [0.25, 0.3) is 0 Å². The highest BCUT2D eigenvalue weighted by molar-refractivity contribution is 5.70. The normalized spacial score (nSPS) is 28.6. The minimum absolute atomic E-state index is 0.109. The Morgan fingerprint density at radius 3 is 2.82 bits per heavy atom. The molecule has 2 bridgehead atoms. The molecule has 0 aliphatic carbocycles. The number of nitrogens with zero attached hydrogens (tertiary/aromatic N) is 1. The molecule has 2 saturated heterocycles. The number of nitrogens with one attached hydrogen (secondary N) is 1. The van der Waals surface area contributed by atoms with Gasteiger partial charge in [0.2, 0.25) is 0 Å². The third-order valence-corrected chi connectivity index (χ3v) is 3.32. The quantitative estimate of drug-likeness (QED) is 0.704. The Bertz CT molecular complexity index is 333. The van der Waals surface area contributed by atoms with Crippen molar-refractivity contribution in [2.24, 2.45) is 0 Å². The number of amides is 1. The number of hydrogen-bond acceptors (Lipinski definition) is 3. The van der Waals surface area contributed by atoms with Gasteiger partial charge in [0.05, 0.1) is 12.1 Å². The molecule has 2 aliphatic heterocycles. The molecule has 0 aromatic heterocycles. The molecule has 0 spiro atoms. The molecule has 4 heteroatoms. The average Bonchev–Trinajstić information content (AvgIpc) is 2.21. The third-order valence-electron chi connectivity index (χ3n) is 3.32. The molecule has 0 aromatic carbocycles. The van der Waals surface area contributed by atoms with Gasteiger partial charge in [-0.1, -0.05) is 6.58 Å². The number of carbonyl (C=O) groups is 1. The highest BCUT2D eigenvalue weighted by Gasteiger charge is 2.40. The first-order valence-corrected chi connectivity index (χ1v) is 6.32. The van der Waals surface area contributed by atoms with Crippen molar-refractivity contribution in [1.29, 1.82) is 0 Å². The number of rotatable bonds is 0. The second-order valence-electron chi connectivity index (χ2n) is 5.89. The van der Waals surface area contributed by atoms with Crippen LogP contribution in [0.1, 0.15) is 40.0 Å². The van der Waals surface area contributed by atoms with Crippen LogP contribution in [0, 0.1) is 0 Å². The topological polar surface area (TPSA) is 41.6 Å². The van der Waals surface area contributed by atoms with Gasteiger partial charge < -0.3 is 10.1 Å². The van der Waals surface area contributed by atoms with Gasteiger partial charge in [0, 0.05) is 12.2 Å². The zero-order valence-corrected chi connectivity index (χ0v) is 11.0. The van der Waals surface area contributed by atoms with E-state index in [1.54, 1.807) is 0 Å². The van der Waals surface area contributed by atoms with E-state index in [0.717, 1.165) is 31.5 Å². The molecule has 1 amide bonds. The molecule has 0 radical (unpaired) electrons. The van der Waals surface area contributed by atoms with E-state index in [1.807, 2.05) is 25.7 Å². The molecule has 2 rings (SSSR count). The summed E-state index contributed by atoms with van der Waals surface area (Å²) in [4.78, 5) is 14.1. The smallest absolute Gasteiger partial charge is 0.411 e. The highest BCUT2D eigenvalue weighted by atomic mass is 16.6. The molecular weight excluding hydrogens is 216 g/mol. The fraction of sp³-hybridized carbons (Fsp3) is 0.769. The zero-order valence-electron chi connectivity index (χ0n) is 11.0. The van der Waals surface area contributed by atoms with Crippen LogP contribution in [-0.4, -0.2) is 35.2 Å². The van der Waals surface area contributed by atoms with Crippen LogP contribution in [-0.2, 0) is 4.74 Å². The molecule has 2 atom stereocenters. The van der Waals surface area contributed by atoms with Gasteiger partial charge >= 0.3 is 6.09 Å². The molecule has 2 fully saturated rings. The molecule has 0 saturated carbocycles. The van der Waals surface area contributed by atoms with Crippen LogP contribution in [0.3, 0.4) is 0 Å². The van der Waals surface area contributed by atoms with E-state index < -0.39 is 5.60 Å². The van der Waals surface area contributed by atoms with Crippen LogP contribution in [0.5, 0.6) is 0 Å². The number of piperidine rings is 1. The monoisotopic (exact) mass is 238 g/mol. The van der Waals surface area contributed by atoms with E-state index in [0.29, 0.717) is 0 Å². The van der Waals surface area contributed by atoms with Crippen molar-refractivity contribution in [3.63, 3.8) is 0 Å². The first-order valence-electron chi connectivity index (χ1n) is 6.32. The van der Waals surface area contributed by atoms with Crippen LogP contribution in [0.2, 0.25) is 0 Å². The van der Waals surface area contributed by atoms with E-state index in [4.69, 9.17) is 4.74 Å². The Kier molecular flexibility index (Phi) is 3.06. The van der Waals surface area contributed by atoms with Gasteiger partial charge in [-0.15, -0.1) is 0 Å². The third kappa shape index (κ3) is 2.56. The number of piperazine rings is 1. The largest absolute Gasteiger partial charge is 0.444 e. The summed E-state index contributed by atoms with van der Waals surface area (Å²) in [6.07, 6.45) is 3.00. The number of hydrogen-bond donors (Lipinski definition) is 1. The van der Waals surface area contributed by atoms with Gasteiger partial charge in [-0.05, 0) is 40.0 Å². The lowest BCUT2D eigenvalue weighted by molar-refractivity contribution is -0.00658. The summed E-state index contributed by atoms with van der Waals surface area (Å²) in [6, 6.07) is 0.367. The summed E-state index contributed by atoms with van der Waals surface area (Å²) in [5.41, 5.74) is 0.518. The first kappa shape index (κ1) is 12.3. The average molecular weight is 238 g/mol. The van der Waals surface area contributed by atoms with Crippen LogP contribution in [0.15, 0.2) is 12.3 Å². The Morgan fingerprint density at radius 2 is 2.18 bits per heavy atom. The summed E-state index contributed by atoms with van der Waals surface area (Å²) >= 11 is 0. The highest BCUT2D eigenvalue weighted by Crippen LogP contribution is 2.30.